The summed E-state index contributed by atoms with van der Waals surface area (Å²) in [7, 11) is 0. The number of rotatable bonds is 7. The van der Waals surface area contributed by atoms with Crippen LogP contribution in [0.25, 0.3) is 0 Å². The van der Waals surface area contributed by atoms with E-state index >= 15 is 0 Å². The fraction of sp³-hybridized carbons (Fsp3) is 0.435. The highest BCUT2D eigenvalue weighted by Crippen LogP contribution is 2.48. The number of piperidine rings is 1. The maximum Gasteiger partial charge on any atom is 0.409 e. The summed E-state index contributed by atoms with van der Waals surface area (Å²) in [5.41, 5.74) is 5.91. The smallest absolute Gasteiger partial charge is 0.409 e. The van der Waals surface area contributed by atoms with Crippen molar-refractivity contribution >= 4 is 23.5 Å². The molecule has 4 rings (SSSR count). The van der Waals surface area contributed by atoms with E-state index in [1.165, 1.54) is 40.0 Å². The van der Waals surface area contributed by atoms with Gasteiger partial charge in [0.15, 0.2) is 5.82 Å². The molecule has 1 saturated carbocycles. The highest BCUT2D eigenvalue weighted by Gasteiger charge is 2.44. The second kappa shape index (κ2) is 9.40. The number of amides is 2. The molecule has 1 saturated heterocycles. The average Bonchev–Trinajstić information content (AvgIpc) is 3.47. The van der Waals surface area contributed by atoms with Crippen LogP contribution in [-0.4, -0.2) is 46.4 Å². The van der Waals surface area contributed by atoms with Gasteiger partial charge in [0.25, 0.3) is 5.91 Å². The molecule has 1 aliphatic carbocycles. The number of carbonyl (C=O) groups excluding carboxylic acids is 2. The highest BCUT2D eigenvalue weighted by atomic mass is 19.1. The SMILES string of the molecule is N#CCC1(COC(=O)N2CC[C@H](C#N)[C@@H](n3cc(C(N)=O)c(Nc4ccc(F)cc4)n3)C2)CC1. The summed E-state index contributed by atoms with van der Waals surface area (Å²) in [6, 6.07) is 9.39. The van der Waals surface area contributed by atoms with Gasteiger partial charge in [-0.1, -0.05) is 0 Å². The predicted molar refractivity (Wildman–Crippen MR) is 118 cm³/mol. The Bertz CT molecular complexity index is 1160. The molecule has 1 aromatic heterocycles. The fourth-order valence-electron chi connectivity index (χ4n) is 4.04. The summed E-state index contributed by atoms with van der Waals surface area (Å²) >= 11 is 0. The monoisotopic (exact) mass is 465 g/mol. The summed E-state index contributed by atoms with van der Waals surface area (Å²) in [5, 5.41) is 26.0. The molecule has 10 nitrogen and oxygen atoms in total. The number of anilines is 2. The van der Waals surface area contributed by atoms with Crippen molar-refractivity contribution in [1.82, 2.24) is 14.7 Å². The van der Waals surface area contributed by atoms with Crippen LogP contribution in [0.4, 0.5) is 20.7 Å². The molecule has 2 aromatic rings. The molecule has 2 amide bonds. The number of primary amides is 1. The van der Waals surface area contributed by atoms with Crippen molar-refractivity contribution in [2.45, 2.75) is 31.7 Å². The Morgan fingerprint density at radius 1 is 1.29 bits per heavy atom. The van der Waals surface area contributed by atoms with E-state index in [4.69, 9.17) is 15.7 Å². The number of nitrogens with zero attached hydrogens (tertiary/aromatic N) is 5. The van der Waals surface area contributed by atoms with Crippen LogP contribution in [0.2, 0.25) is 0 Å². The minimum atomic E-state index is -0.719. The van der Waals surface area contributed by atoms with E-state index in [2.05, 4.69) is 22.6 Å². The van der Waals surface area contributed by atoms with Gasteiger partial charge in [0.1, 0.15) is 11.4 Å². The van der Waals surface area contributed by atoms with E-state index in [1.54, 1.807) is 0 Å². The van der Waals surface area contributed by atoms with Crippen LogP contribution >= 0.6 is 0 Å². The van der Waals surface area contributed by atoms with Gasteiger partial charge < -0.3 is 20.7 Å². The van der Waals surface area contributed by atoms with Crippen LogP contribution in [-0.2, 0) is 4.74 Å². The van der Waals surface area contributed by atoms with Gasteiger partial charge in [0, 0.05) is 36.8 Å². The molecule has 2 atom stereocenters. The summed E-state index contributed by atoms with van der Waals surface area (Å²) in [6.07, 6.45) is 3.43. The molecule has 2 aliphatic rings. The molecule has 0 unspecified atom stereocenters. The zero-order valence-corrected chi connectivity index (χ0v) is 18.4. The van der Waals surface area contributed by atoms with Crippen LogP contribution in [0.15, 0.2) is 30.5 Å². The normalized spacial score (nSPS) is 20.6. The third-order valence-electron chi connectivity index (χ3n) is 6.36. The van der Waals surface area contributed by atoms with Crippen molar-refractivity contribution in [1.29, 1.82) is 10.5 Å². The van der Waals surface area contributed by atoms with Crippen molar-refractivity contribution in [3.63, 3.8) is 0 Å². The van der Waals surface area contributed by atoms with Crippen molar-refractivity contribution in [3.05, 3.63) is 41.8 Å². The summed E-state index contributed by atoms with van der Waals surface area (Å²) in [6.45, 7) is 0.711. The maximum absolute atomic E-state index is 13.2. The third kappa shape index (κ3) is 4.94. The van der Waals surface area contributed by atoms with E-state index in [-0.39, 0.29) is 29.9 Å². The third-order valence-corrected chi connectivity index (χ3v) is 6.36. The Kier molecular flexibility index (Phi) is 6.37. The Morgan fingerprint density at radius 3 is 2.65 bits per heavy atom. The lowest BCUT2D eigenvalue weighted by Crippen LogP contribution is -2.45. The largest absolute Gasteiger partial charge is 0.449 e. The fourth-order valence-corrected chi connectivity index (χ4v) is 4.04. The average molecular weight is 465 g/mol. The topological polar surface area (TPSA) is 150 Å². The molecule has 2 fully saturated rings. The zero-order valence-electron chi connectivity index (χ0n) is 18.4. The molecule has 0 spiro atoms. The first kappa shape index (κ1) is 23.1. The van der Waals surface area contributed by atoms with Crippen LogP contribution in [0.5, 0.6) is 0 Å². The first-order valence-electron chi connectivity index (χ1n) is 10.9. The Morgan fingerprint density at radius 2 is 2.03 bits per heavy atom. The molecule has 0 radical (unpaired) electrons. The number of benzene rings is 1. The first-order valence-corrected chi connectivity index (χ1v) is 10.9. The van der Waals surface area contributed by atoms with Crippen LogP contribution in [0.1, 0.15) is 42.1 Å². The number of nitrogens with one attached hydrogen (secondary N) is 1. The number of hydrogen-bond donors (Lipinski definition) is 2. The molecule has 176 valence electrons. The molecule has 11 heteroatoms. The second-order valence-electron chi connectivity index (χ2n) is 8.79. The van der Waals surface area contributed by atoms with Gasteiger partial charge in [0.05, 0.1) is 30.7 Å². The van der Waals surface area contributed by atoms with Gasteiger partial charge in [-0.15, -0.1) is 0 Å². The van der Waals surface area contributed by atoms with Gasteiger partial charge in [-0.05, 0) is 43.5 Å². The molecule has 1 aromatic carbocycles. The summed E-state index contributed by atoms with van der Waals surface area (Å²) < 4.78 is 20.2. The van der Waals surface area contributed by atoms with Gasteiger partial charge >= 0.3 is 6.09 Å². The minimum absolute atomic E-state index is 0.105. The van der Waals surface area contributed by atoms with Crippen molar-refractivity contribution in [2.75, 3.05) is 25.0 Å². The molecule has 0 bridgehead atoms. The number of likely N-dealkylation sites (tertiary alicyclic amines) is 1. The lowest BCUT2D eigenvalue weighted by Gasteiger charge is -2.35. The number of nitriles is 2. The lowest BCUT2D eigenvalue weighted by atomic mass is 9.93. The van der Waals surface area contributed by atoms with Crippen molar-refractivity contribution in [3.8, 4) is 12.1 Å². The zero-order chi connectivity index (χ0) is 24.3. The molecule has 2 heterocycles. The van der Waals surface area contributed by atoms with Crippen LogP contribution < -0.4 is 11.1 Å². The molecule has 3 N–H and O–H groups in total. The quantitative estimate of drug-likeness (QED) is 0.638. The van der Waals surface area contributed by atoms with Crippen LogP contribution in [0.3, 0.4) is 0 Å². The van der Waals surface area contributed by atoms with Gasteiger partial charge in [-0.25, -0.2) is 9.18 Å². The lowest BCUT2D eigenvalue weighted by molar-refractivity contribution is 0.0624. The van der Waals surface area contributed by atoms with Gasteiger partial charge in [-0.3, -0.25) is 9.48 Å². The number of nitrogens with two attached hydrogens (primary N) is 1. The Balaban J connectivity index is 1.51. The van der Waals surface area contributed by atoms with Crippen molar-refractivity contribution in [2.24, 2.45) is 17.1 Å². The summed E-state index contributed by atoms with van der Waals surface area (Å²) in [4.78, 5) is 26.2. The van der Waals surface area contributed by atoms with E-state index < -0.39 is 29.8 Å². The predicted octanol–water partition coefficient (Wildman–Crippen LogP) is 3.08. The van der Waals surface area contributed by atoms with E-state index in [1.807, 2.05) is 0 Å². The van der Waals surface area contributed by atoms with E-state index in [0.717, 1.165) is 12.8 Å². The number of carbonyl (C=O) groups is 2. The van der Waals surface area contributed by atoms with E-state index in [9.17, 15) is 19.2 Å². The minimum Gasteiger partial charge on any atom is -0.449 e. The maximum atomic E-state index is 13.2. The second-order valence-corrected chi connectivity index (χ2v) is 8.79. The number of hydrogen-bond acceptors (Lipinski definition) is 7. The molecular formula is C23H24FN7O3. The van der Waals surface area contributed by atoms with Crippen molar-refractivity contribution < 1.29 is 18.7 Å². The molecular weight excluding hydrogens is 441 g/mol. The summed E-state index contributed by atoms with van der Waals surface area (Å²) in [5.74, 6) is -1.40. The number of ether oxygens (including phenoxy) is 1. The number of aromatic nitrogens is 2. The first-order chi connectivity index (χ1) is 16.3. The van der Waals surface area contributed by atoms with E-state index in [0.29, 0.717) is 25.1 Å². The standard InChI is InChI=1S/C23H24FN7O3/c24-16-1-3-17(4-2-16)28-21-18(20(27)32)12-31(29-21)19-13-30(10-5-15(19)11-26)22(33)34-14-23(6-7-23)8-9-25/h1-4,12,15,19H,5-8,10,13-14H2,(H2,27,32)(H,28,29)/t15-,19+/m1/s1. The number of halogens is 1. The molecule has 1 aliphatic heterocycles. The Hall–Kier alpha value is -4.12. The van der Waals surface area contributed by atoms with Gasteiger partial charge in [0.2, 0.25) is 0 Å². The molecule has 34 heavy (non-hydrogen) atoms. The van der Waals surface area contributed by atoms with Crippen LogP contribution in [0, 0.1) is 39.8 Å². The van der Waals surface area contributed by atoms with Gasteiger partial charge in [-0.2, -0.15) is 15.6 Å². The highest BCUT2D eigenvalue weighted by molar-refractivity contribution is 5.98. The Labute approximate surface area is 195 Å².